The Bertz CT molecular complexity index is 778. The van der Waals surface area contributed by atoms with Crippen LogP contribution in [0.2, 0.25) is 0 Å². The lowest BCUT2D eigenvalue weighted by Gasteiger charge is -2.09. The van der Waals surface area contributed by atoms with Gasteiger partial charge in [0.25, 0.3) is 5.69 Å². The van der Waals surface area contributed by atoms with E-state index in [0.717, 1.165) is 11.6 Å². The molecule has 22 heavy (non-hydrogen) atoms. The van der Waals surface area contributed by atoms with Gasteiger partial charge in [-0.25, -0.2) is 13.1 Å². The summed E-state index contributed by atoms with van der Waals surface area (Å²) in [6, 6.07) is 7.29. The summed E-state index contributed by atoms with van der Waals surface area (Å²) in [7, 11) is -2.48. The Morgan fingerprint density at radius 3 is 2.68 bits per heavy atom. The monoisotopic (exact) mass is 322 g/mol. The van der Waals surface area contributed by atoms with Crippen molar-refractivity contribution in [2.45, 2.75) is 11.4 Å². The number of nitro groups is 1. The number of pyridine rings is 1. The molecule has 1 heterocycles. The van der Waals surface area contributed by atoms with E-state index in [4.69, 9.17) is 0 Å². The summed E-state index contributed by atoms with van der Waals surface area (Å²) >= 11 is 0. The molecule has 9 heteroatoms. The molecule has 0 aliphatic carbocycles. The van der Waals surface area contributed by atoms with Crippen molar-refractivity contribution in [3.63, 3.8) is 0 Å². The molecule has 0 spiro atoms. The van der Waals surface area contributed by atoms with Gasteiger partial charge < -0.3 is 5.32 Å². The van der Waals surface area contributed by atoms with Gasteiger partial charge in [-0.3, -0.25) is 15.1 Å². The summed E-state index contributed by atoms with van der Waals surface area (Å²) in [4.78, 5) is 14.3. The number of nitrogens with one attached hydrogen (secondary N) is 2. The topological polar surface area (TPSA) is 114 Å². The molecule has 0 bridgehead atoms. The fourth-order valence-corrected chi connectivity index (χ4v) is 2.55. The van der Waals surface area contributed by atoms with Crippen molar-refractivity contribution >= 4 is 21.4 Å². The number of nitrogens with zero attached hydrogens (tertiary/aromatic N) is 2. The van der Waals surface area contributed by atoms with Crippen LogP contribution in [0.1, 0.15) is 5.56 Å². The fraction of sp³-hybridized carbons (Fsp3) is 0.154. The van der Waals surface area contributed by atoms with E-state index in [9.17, 15) is 18.5 Å². The molecule has 0 aliphatic heterocycles. The molecule has 0 saturated heterocycles. The molecule has 2 rings (SSSR count). The zero-order valence-corrected chi connectivity index (χ0v) is 12.5. The number of benzene rings is 1. The van der Waals surface area contributed by atoms with Crippen LogP contribution < -0.4 is 10.0 Å². The summed E-state index contributed by atoms with van der Waals surface area (Å²) in [6.07, 6.45) is 3.27. The number of sulfonamides is 1. The van der Waals surface area contributed by atoms with E-state index in [-0.39, 0.29) is 16.3 Å². The lowest BCUT2D eigenvalue weighted by molar-refractivity contribution is -0.384. The van der Waals surface area contributed by atoms with Crippen LogP contribution in [0.5, 0.6) is 0 Å². The average Bonchev–Trinajstić information content (AvgIpc) is 2.53. The molecule has 116 valence electrons. The highest BCUT2D eigenvalue weighted by atomic mass is 32.2. The molecule has 2 N–H and O–H groups in total. The van der Waals surface area contributed by atoms with Crippen molar-refractivity contribution in [2.24, 2.45) is 0 Å². The quantitative estimate of drug-likeness (QED) is 0.615. The van der Waals surface area contributed by atoms with E-state index in [2.05, 4.69) is 15.0 Å². The number of nitro benzene ring substituents is 1. The van der Waals surface area contributed by atoms with Gasteiger partial charge in [0.15, 0.2) is 0 Å². The molecule has 0 amide bonds. The Hall–Kier alpha value is -2.52. The van der Waals surface area contributed by atoms with Crippen LogP contribution in [-0.2, 0) is 16.6 Å². The summed E-state index contributed by atoms with van der Waals surface area (Å²) < 4.78 is 25.5. The molecule has 0 fully saturated rings. The lowest BCUT2D eigenvalue weighted by Crippen LogP contribution is -2.18. The zero-order chi connectivity index (χ0) is 16.2. The summed E-state index contributed by atoms with van der Waals surface area (Å²) in [5.74, 6) is 0. The van der Waals surface area contributed by atoms with E-state index in [1.807, 2.05) is 6.07 Å². The van der Waals surface area contributed by atoms with Gasteiger partial charge in [0.05, 0.1) is 9.82 Å². The normalized spacial score (nSPS) is 11.1. The van der Waals surface area contributed by atoms with Crippen molar-refractivity contribution in [1.29, 1.82) is 0 Å². The highest BCUT2D eigenvalue weighted by Gasteiger charge is 2.20. The minimum atomic E-state index is -3.73. The first-order chi connectivity index (χ1) is 10.4. The number of hydrogen-bond donors (Lipinski definition) is 2. The zero-order valence-electron chi connectivity index (χ0n) is 11.7. The van der Waals surface area contributed by atoms with E-state index in [1.165, 1.54) is 19.2 Å². The largest absolute Gasteiger partial charge is 0.375 e. The van der Waals surface area contributed by atoms with Crippen LogP contribution in [0.3, 0.4) is 0 Å². The van der Waals surface area contributed by atoms with Crippen LogP contribution in [0.25, 0.3) is 0 Å². The van der Waals surface area contributed by atoms with E-state index < -0.39 is 14.9 Å². The first-order valence-corrected chi connectivity index (χ1v) is 7.77. The predicted octanol–water partition coefficient (Wildman–Crippen LogP) is 1.51. The maximum atomic E-state index is 11.7. The molecule has 2 aromatic rings. The number of aromatic nitrogens is 1. The molecule has 1 aromatic heterocycles. The van der Waals surface area contributed by atoms with Crippen LogP contribution >= 0.6 is 0 Å². The van der Waals surface area contributed by atoms with Gasteiger partial charge >= 0.3 is 0 Å². The van der Waals surface area contributed by atoms with Crippen LogP contribution in [0.4, 0.5) is 11.4 Å². The number of rotatable bonds is 6. The molecule has 1 aromatic carbocycles. The highest BCUT2D eigenvalue weighted by Crippen LogP contribution is 2.27. The smallest absolute Gasteiger partial charge is 0.293 e. The first-order valence-electron chi connectivity index (χ1n) is 6.29. The van der Waals surface area contributed by atoms with E-state index in [1.54, 1.807) is 18.5 Å². The van der Waals surface area contributed by atoms with Crippen LogP contribution in [0.15, 0.2) is 47.6 Å². The Morgan fingerprint density at radius 2 is 2.09 bits per heavy atom. The van der Waals surface area contributed by atoms with Crippen molar-refractivity contribution in [2.75, 3.05) is 12.4 Å². The minimum Gasteiger partial charge on any atom is -0.375 e. The van der Waals surface area contributed by atoms with Gasteiger partial charge in [0, 0.05) is 25.0 Å². The second-order valence-corrected chi connectivity index (χ2v) is 6.24. The van der Waals surface area contributed by atoms with E-state index >= 15 is 0 Å². The third-order valence-corrected chi connectivity index (χ3v) is 4.36. The van der Waals surface area contributed by atoms with Crippen LogP contribution in [-0.4, -0.2) is 25.4 Å². The average molecular weight is 322 g/mol. The molecular weight excluding hydrogens is 308 g/mol. The first kappa shape index (κ1) is 15.9. The highest BCUT2D eigenvalue weighted by molar-refractivity contribution is 7.89. The molecular formula is C13H14N4O4S. The van der Waals surface area contributed by atoms with Gasteiger partial charge in [-0.15, -0.1) is 0 Å². The molecule has 0 unspecified atom stereocenters. The Kier molecular flexibility index (Phi) is 4.68. The molecule has 0 saturated carbocycles. The van der Waals surface area contributed by atoms with Gasteiger partial charge in [0.2, 0.25) is 10.0 Å². The van der Waals surface area contributed by atoms with Crippen molar-refractivity contribution < 1.29 is 13.3 Å². The standard InChI is InChI=1S/C13H14N4O4S/c1-14-22(20,21)11-4-5-12(13(7-11)17(18)19)16-9-10-3-2-6-15-8-10/h2-8,14,16H,9H2,1H3. The fourth-order valence-electron chi connectivity index (χ4n) is 1.80. The second-order valence-electron chi connectivity index (χ2n) is 4.36. The van der Waals surface area contributed by atoms with Gasteiger partial charge in [-0.1, -0.05) is 6.07 Å². The second kappa shape index (κ2) is 6.50. The van der Waals surface area contributed by atoms with Crippen LogP contribution in [0, 0.1) is 10.1 Å². The molecule has 0 atom stereocenters. The summed E-state index contributed by atoms with van der Waals surface area (Å²) in [5.41, 5.74) is 0.785. The minimum absolute atomic E-state index is 0.159. The predicted molar refractivity (Wildman–Crippen MR) is 80.9 cm³/mol. The lowest BCUT2D eigenvalue weighted by atomic mass is 10.2. The van der Waals surface area contributed by atoms with Crippen molar-refractivity contribution in [1.82, 2.24) is 9.71 Å². The van der Waals surface area contributed by atoms with E-state index in [0.29, 0.717) is 6.54 Å². The summed E-state index contributed by atoms with van der Waals surface area (Å²) in [5, 5.41) is 14.0. The SMILES string of the molecule is CNS(=O)(=O)c1ccc(NCc2cccnc2)c([N+](=O)[O-])c1. The number of anilines is 1. The third-order valence-electron chi connectivity index (χ3n) is 2.95. The third kappa shape index (κ3) is 3.57. The molecule has 0 radical (unpaired) electrons. The molecule has 0 aliphatic rings. The van der Waals surface area contributed by atoms with Gasteiger partial charge in [-0.2, -0.15) is 0 Å². The van der Waals surface area contributed by atoms with Gasteiger partial charge in [-0.05, 0) is 30.8 Å². The Morgan fingerprint density at radius 1 is 1.32 bits per heavy atom. The summed E-state index contributed by atoms with van der Waals surface area (Å²) in [6.45, 7) is 0.340. The maximum Gasteiger partial charge on any atom is 0.293 e. The Balaban J connectivity index is 2.30. The number of hydrogen-bond acceptors (Lipinski definition) is 6. The maximum absolute atomic E-state index is 11.7. The molecule has 8 nitrogen and oxygen atoms in total. The van der Waals surface area contributed by atoms with Crippen molar-refractivity contribution in [3.05, 3.63) is 58.4 Å². The Labute approximate surface area is 127 Å². The van der Waals surface area contributed by atoms with Crippen molar-refractivity contribution in [3.8, 4) is 0 Å². The van der Waals surface area contributed by atoms with Gasteiger partial charge in [0.1, 0.15) is 5.69 Å².